The van der Waals surface area contributed by atoms with Crippen LogP contribution in [0, 0.1) is 0 Å². The Morgan fingerprint density at radius 1 is 0.474 bits per heavy atom. The topological polar surface area (TPSA) is 228 Å². The van der Waals surface area contributed by atoms with Gasteiger partial charge in [0.25, 0.3) is 0 Å². The van der Waals surface area contributed by atoms with Gasteiger partial charge in [0, 0.05) is 6.42 Å². The second kappa shape index (κ2) is 47.5. The molecule has 12 unspecified atom stereocenters. The molecule has 14 heteroatoms. The molecule has 76 heavy (non-hydrogen) atoms. The average Bonchev–Trinajstić information content (AvgIpc) is 3.42. The molecule has 12 atom stereocenters. The molecule has 0 aliphatic carbocycles. The summed E-state index contributed by atoms with van der Waals surface area (Å²) < 4.78 is 22.7. The fraction of sp³-hybridized carbons (Fsp3) is 0.823. The first-order valence-electron chi connectivity index (χ1n) is 30.5. The molecule has 0 spiro atoms. The van der Waals surface area contributed by atoms with Crippen LogP contribution < -0.4 is 5.32 Å². The van der Waals surface area contributed by atoms with Gasteiger partial charge in [0.1, 0.15) is 48.8 Å². The van der Waals surface area contributed by atoms with Crippen LogP contribution in [0.2, 0.25) is 0 Å². The van der Waals surface area contributed by atoms with Gasteiger partial charge in [0.2, 0.25) is 5.91 Å². The van der Waals surface area contributed by atoms with Crippen LogP contribution in [-0.2, 0) is 23.7 Å². The van der Waals surface area contributed by atoms with Crippen molar-refractivity contribution in [3.63, 3.8) is 0 Å². The van der Waals surface area contributed by atoms with Crippen molar-refractivity contribution in [3.8, 4) is 0 Å². The van der Waals surface area contributed by atoms with Gasteiger partial charge in [0.15, 0.2) is 12.6 Å². The number of rotatable bonds is 48. The van der Waals surface area contributed by atoms with Crippen LogP contribution in [-0.4, -0.2) is 140 Å². The number of amides is 1. The summed E-state index contributed by atoms with van der Waals surface area (Å²) in [5.41, 5.74) is 0. The number of aliphatic hydroxyl groups excluding tert-OH is 8. The molecule has 0 aromatic heterocycles. The number of nitrogens with one attached hydrogen (secondary N) is 1. The number of unbranched alkanes of at least 4 members (excludes halogenated alkanes) is 27. The SMILES string of the molecule is CCC/C=C\C/C=C\CCCCCCCC(=O)NC(COC1OC(CO)C(OC2OC(CO)C(O)C(O)C2O)C(O)C1O)C(O)/C=C/CC/C=C/CC/C=C/CCCCCCCCCCCCCCCCCCCCC. The molecule has 2 aliphatic rings. The molecular weight excluding hydrogens is 967 g/mol. The summed E-state index contributed by atoms with van der Waals surface area (Å²) in [6.07, 6.45) is 44.3. The van der Waals surface area contributed by atoms with Crippen molar-refractivity contribution in [2.75, 3.05) is 19.8 Å². The maximum Gasteiger partial charge on any atom is 0.220 e. The Bertz CT molecular complexity index is 1510. The second-order valence-corrected chi connectivity index (χ2v) is 21.5. The van der Waals surface area contributed by atoms with Crippen molar-refractivity contribution >= 4 is 5.91 Å². The van der Waals surface area contributed by atoms with Gasteiger partial charge in [-0.25, -0.2) is 0 Å². The summed E-state index contributed by atoms with van der Waals surface area (Å²) in [5.74, 6) is -0.269. The summed E-state index contributed by atoms with van der Waals surface area (Å²) in [6, 6.07) is -0.947. The van der Waals surface area contributed by atoms with E-state index in [2.05, 4.69) is 67.8 Å². The zero-order valence-corrected chi connectivity index (χ0v) is 47.5. The van der Waals surface area contributed by atoms with Crippen LogP contribution in [0.4, 0.5) is 0 Å². The van der Waals surface area contributed by atoms with E-state index in [0.717, 1.165) is 77.0 Å². The highest BCUT2D eigenvalue weighted by Crippen LogP contribution is 2.30. The molecule has 2 aliphatic heterocycles. The molecule has 2 heterocycles. The molecule has 2 saturated heterocycles. The molecule has 0 bridgehead atoms. The lowest BCUT2D eigenvalue weighted by molar-refractivity contribution is -0.359. The van der Waals surface area contributed by atoms with Gasteiger partial charge in [-0.1, -0.05) is 216 Å². The quantitative estimate of drug-likeness (QED) is 0.0204. The van der Waals surface area contributed by atoms with Crippen LogP contribution in [0.15, 0.2) is 60.8 Å². The first-order valence-corrected chi connectivity index (χ1v) is 30.5. The van der Waals surface area contributed by atoms with Gasteiger partial charge >= 0.3 is 0 Å². The minimum absolute atomic E-state index is 0.251. The fourth-order valence-electron chi connectivity index (χ4n) is 9.71. The van der Waals surface area contributed by atoms with E-state index in [1.54, 1.807) is 6.08 Å². The molecule has 2 fully saturated rings. The Morgan fingerprint density at radius 3 is 1.42 bits per heavy atom. The van der Waals surface area contributed by atoms with E-state index in [1.807, 2.05) is 6.08 Å². The van der Waals surface area contributed by atoms with Gasteiger partial charge in [-0.15, -0.1) is 0 Å². The van der Waals surface area contributed by atoms with Crippen molar-refractivity contribution in [2.45, 2.75) is 306 Å². The highest BCUT2D eigenvalue weighted by atomic mass is 16.7. The highest BCUT2D eigenvalue weighted by molar-refractivity contribution is 5.76. The molecule has 1 amide bonds. The number of hydrogen-bond donors (Lipinski definition) is 9. The maximum absolute atomic E-state index is 13.2. The Balaban J connectivity index is 1.74. The molecule has 0 aromatic rings. The minimum atomic E-state index is -1.80. The second-order valence-electron chi connectivity index (χ2n) is 21.5. The van der Waals surface area contributed by atoms with Gasteiger partial charge < -0.3 is 65.1 Å². The van der Waals surface area contributed by atoms with E-state index >= 15 is 0 Å². The number of ether oxygens (including phenoxy) is 4. The Morgan fingerprint density at radius 2 is 0.908 bits per heavy atom. The van der Waals surface area contributed by atoms with Crippen LogP contribution in [0.1, 0.15) is 232 Å². The monoisotopic (exact) mass is 1080 g/mol. The number of allylic oxidation sites excluding steroid dienone is 9. The molecule has 0 aromatic carbocycles. The van der Waals surface area contributed by atoms with Crippen LogP contribution >= 0.6 is 0 Å². The summed E-state index contributed by atoms with van der Waals surface area (Å²) in [4.78, 5) is 13.2. The number of hydrogen-bond acceptors (Lipinski definition) is 13. The van der Waals surface area contributed by atoms with Gasteiger partial charge in [-0.3, -0.25) is 4.79 Å². The van der Waals surface area contributed by atoms with E-state index in [9.17, 15) is 45.6 Å². The van der Waals surface area contributed by atoms with Crippen molar-refractivity contribution in [1.82, 2.24) is 5.32 Å². The Hall–Kier alpha value is -2.31. The van der Waals surface area contributed by atoms with E-state index < -0.39 is 86.8 Å². The van der Waals surface area contributed by atoms with Gasteiger partial charge in [-0.2, -0.15) is 0 Å². The zero-order valence-electron chi connectivity index (χ0n) is 47.5. The summed E-state index contributed by atoms with van der Waals surface area (Å²) in [7, 11) is 0. The lowest BCUT2D eigenvalue weighted by Crippen LogP contribution is -2.65. The molecule has 0 saturated carbocycles. The van der Waals surface area contributed by atoms with Crippen molar-refractivity contribution in [3.05, 3.63) is 60.8 Å². The zero-order chi connectivity index (χ0) is 55.3. The van der Waals surface area contributed by atoms with Crippen molar-refractivity contribution in [1.29, 1.82) is 0 Å². The number of carbonyl (C=O) groups excluding carboxylic acids is 1. The smallest absolute Gasteiger partial charge is 0.220 e. The molecule has 442 valence electrons. The Kier molecular flexibility index (Phi) is 43.6. The highest BCUT2D eigenvalue weighted by Gasteiger charge is 2.51. The summed E-state index contributed by atoms with van der Waals surface area (Å²) in [5, 5.41) is 87.0. The van der Waals surface area contributed by atoms with E-state index in [1.165, 1.54) is 122 Å². The lowest BCUT2D eigenvalue weighted by atomic mass is 9.97. The summed E-state index contributed by atoms with van der Waals surface area (Å²) >= 11 is 0. The minimum Gasteiger partial charge on any atom is -0.394 e. The molecular formula is C62H111NO13. The first kappa shape index (κ1) is 69.8. The third-order valence-corrected chi connectivity index (χ3v) is 14.6. The van der Waals surface area contributed by atoms with Gasteiger partial charge in [-0.05, 0) is 70.6 Å². The molecule has 9 N–H and O–H groups in total. The van der Waals surface area contributed by atoms with E-state index in [4.69, 9.17) is 18.9 Å². The lowest BCUT2D eigenvalue weighted by Gasteiger charge is -2.46. The van der Waals surface area contributed by atoms with Gasteiger partial charge in [0.05, 0.1) is 32.0 Å². The van der Waals surface area contributed by atoms with Crippen molar-refractivity contribution in [2.24, 2.45) is 0 Å². The predicted octanol–water partition coefficient (Wildman–Crippen LogP) is 10.6. The predicted molar refractivity (Wildman–Crippen MR) is 304 cm³/mol. The molecule has 2 rings (SSSR count). The number of aliphatic hydroxyl groups is 8. The number of carbonyl (C=O) groups is 1. The van der Waals surface area contributed by atoms with Crippen molar-refractivity contribution < 1.29 is 64.6 Å². The maximum atomic E-state index is 13.2. The Labute approximate surface area is 460 Å². The first-order chi connectivity index (χ1) is 37.1. The van der Waals surface area contributed by atoms with Crippen LogP contribution in [0.5, 0.6) is 0 Å². The third-order valence-electron chi connectivity index (χ3n) is 14.6. The molecule has 0 radical (unpaired) electrons. The normalized spacial score (nSPS) is 25.3. The average molecular weight is 1080 g/mol. The van der Waals surface area contributed by atoms with Crippen LogP contribution in [0.25, 0.3) is 0 Å². The van der Waals surface area contributed by atoms with E-state index in [-0.39, 0.29) is 18.9 Å². The summed E-state index contributed by atoms with van der Waals surface area (Å²) in [6.45, 7) is 2.70. The largest absolute Gasteiger partial charge is 0.394 e. The van der Waals surface area contributed by atoms with E-state index in [0.29, 0.717) is 12.8 Å². The van der Waals surface area contributed by atoms with Crippen LogP contribution in [0.3, 0.4) is 0 Å². The standard InChI is InChI=1S/C62H111NO13/c1-3-5-7-9-11-13-15-17-18-19-20-21-22-23-24-25-26-27-28-29-30-31-32-34-35-37-39-41-43-45-51(66)50(63-54(67)46-44-42-40-38-36-33-16-14-12-10-8-6-4-2)49-73-61-59(72)57(70)60(53(48-65)75-61)76-62-58(71)56(69)55(68)52(47-64)74-62/h8,10,14,16,30-31,35,37,43,45,50-53,55-62,64-66,68-72H,3-7,9,11-13,15,17-29,32-34,36,38-42,44,46-49H2,1-2H3,(H,63,67)/b10-8-,16-14-,31-30+,37-35+,45-43+. The third kappa shape index (κ3) is 32.7. The fourth-order valence-corrected chi connectivity index (χ4v) is 9.71. The molecule has 14 nitrogen and oxygen atoms in total.